The van der Waals surface area contributed by atoms with E-state index in [1.54, 1.807) is 0 Å². The molecule has 18 heavy (non-hydrogen) atoms. The number of carbonyl (C=O) groups is 1. The van der Waals surface area contributed by atoms with E-state index in [-0.39, 0.29) is 5.97 Å². The molecule has 0 amide bonds. The fraction of sp³-hybridized carbons (Fsp3) is 0.533. The van der Waals surface area contributed by atoms with Crippen LogP contribution in [0.3, 0.4) is 0 Å². The summed E-state index contributed by atoms with van der Waals surface area (Å²) in [5.74, 6) is -0.166. The van der Waals surface area contributed by atoms with Crippen LogP contribution in [0.15, 0.2) is 18.2 Å². The van der Waals surface area contributed by atoms with Crippen LogP contribution in [0.4, 0.5) is 0 Å². The number of aryl methyl sites for hydroxylation is 2. The van der Waals surface area contributed by atoms with Crippen LogP contribution in [0.1, 0.15) is 36.5 Å². The topological polar surface area (TPSA) is 38.3 Å². The van der Waals surface area contributed by atoms with Gasteiger partial charge in [0.1, 0.15) is 5.54 Å². The lowest BCUT2D eigenvalue weighted by molar-refractivity contribution is -0.149. The maximum absolute atomic E-state index is 12.2. The van der Waals surface area contributed by atoms with E-state index in [1.165, 1.54) is 18.2 Å². The van der Waals surface area contributed by atoms with E-state index in [0.29, 0.717) is 0 Å². The van der Waals surface area contributed by atoms with Crippen molar-refractivity contribution in [2.75, 3.05) is 13.7 Å². The van der Waals surface area contributed by atoms with Crippen molar-refractivity contribution < 1.29 is 9.53 Å². The predicted octanol–water partition coefficient (Wildman–Crippen LogP) is 2.31. The van der Waals surface area contributed by atoms with E-state index >= 15 is 0 Å². The molecule has 0 aromatic heterocycles. The Morgan fingerprint density at radius 3 is 2.94 bits per heavy atom. The molecule has 98 valence electrons. The Balaban J connectivity index is 2.44. The summed E-state index contributed by atoms with van der Waals surface area (Å²) in [4.78, 5) is 12.2. The van der Waals surface area contributed by atoms with Gasteiger partial charge in [-0.05, 0) is 43.9 Å². The highest BCUT2D eigenvalue weighted by molar-refractivity contribution is 5.84. The highest BCUT2D eigenvalue weighted by Crippen LogP contribution is 2.38. The van der Waals surface area contributed by atoms with Crippen LogP contribution in [-0.2, 0) is 21.5 Å². The second-order valence-electron chi connectivity index (χ2n) is 4.98. The number of rotatable bonds is 4. The molecule has 3 heteroatoms. The van der Waals surface area contributed by atoms with Gasteiger partial charge in [0, 0.05) is 0 Å². The third-order valence-electron chi connectivity index (χ3n) is 3.71. The number of benzene rings is 1. The molecule has 1 aliphatic rings. The molecular weight excluding hydrogens is 226 g/mol. The Morgan fingerprint density at radius 1 is 1.50 bits per heavy atom. The molecular formula is C15H21NO2. The first-order chi connectivity index (χ1) is 8.64. The lowest BCUT2D eigenvalue weighted by Gasteiger charge is -2.29. The summed E-state index contributed by atoms with van der Waals surface area (Å²) < 4.78 is 5.03. The predicted molar refractivity (Wildman–Crippen MR) is 71.5 cm³/mol. The molecule has 2 rings (SSSR count). The lowest BCUT2D eigenvalue weighted by Crippen LogP contribution is -2.48. The van der Waals surface area contributed by atoms with E-state index < -0.39 is 5.54 Å². The smallest absolute Gasteiger partial charge is 0.330 e. The van der Waals surface area contributed by atoms with Crippen molar-refractivity contribution in [3.05, 3.63) is 34.9 Å². The number of hydrogen-bond acceptors (Lipinski definition) is 3. The van der Waals surface area contributed by atoms with Crippen molar-refractivity contribution in [1.82, 2.24) is 5.32 Å². The van der Waals surface area contributed by atoms with Gasteiger partial charge in [0.05, 0.1) is 7.11 Å². The zero-order valence-corrected chi connectivity index (χ0v) is 11.4. The van der Waals surface area contributed by atoms with Gasteiger partial charge in [-0.15, -0.1) is 0 Å². The first kappa shape index (κ1) is 13.1. The zero-order valence-electron chi connectivity index (χ0n) is 11.4. The van der Waals surface area contributed by atoms with Crippen LogP contribution < -0.4 is 5.32 Å². The van der Waals surface area contributed by atoms with E-state index in [9.17, 15) is 4.79 Å². The monoisotopic (exact) mass is 247 g/mol. The molecule has 0 aliphatic heterocycles. The molecule has 0 fully saturated rings. The van der Waals surface area contributed by atoms with Crippen LogP contribution in [0, 0.1) is 6.92 Å². The molecule has 1 aromatic carbocycles. The third kappa shape index (κ3) is 2.03. The van der Waals surface area contributed by atoms with Crippen molar-refractivity contribution in [3.63, 3.8) is 0 Å². The van der Waals surface area contributed by atoms with Gasteiger partial charge in [-0.2, -0.15) is 0 Å². The van der Waals surface area contributed by atoms with Gasteiger partial charge in [0.2, 0.25) is 0 Å². The van der Waals surface area contributed by atoms with Crippen LogP contribution in [0.2, 0.25) is 0 Å². The lowest BCUT2D eigenvalue weighted by atomic mass is 9.90. The minimum atomic E-state index is -0.633. The highest BCUT2D eigenvalue weighted by atomic mass is 16.5. The molecule has 0 bridgehead atoms. The first-order valence-corrected chi connectivity index (χ1v) is 6.57. The molecule has 1 N–H and O–H groups in total. The maximum atomic E-state index is 12.2. The van der Waals surface area contributed by atoms with Gasteiger partial charge >= 0.3 is 5.97 Å². The number of hydrogen-bond donors (Lipinski definition) is 1. The van der Waals surface area contributed by atoms with Gasteiger partial charge in [0.25, 0.3) is 0 Å². The zero-order chi connectivity index (χ0) is 13.2. The molecule has 3 nitrogen and oxygen atoms in total. The normalized spacial score (nSPS) is 21.7. The summed E-state index contributed by atoms with van der Waals surface area (Å²) in [6.07, 6.45) is 2.72. The second-order valence-corrected chi connectivity index (χ2v) is 4.98. The molecule has 1 aromatic rings. The molecule has 0 radical (unpaired) electrons. The summed E-state index contributed by atoms with van der Waals surface area (Å²) in [6.45, 7) is 4.98. The summed E-state index contributed by atoms with van der Waals surface area (Å²) >= 11 is 0. The van der Waals surface area contributed by atoms with Crippen molar-refractivity contribution in [3.8, 4) is 0 Å². The average molecular weight is 247 g/mol. The summed E-state index contributed by atoms with van der Waals surface area (Å²) in [6, 6.07) is 6.34. The van der Waals surface area contributed by atoms with Gasteiger partial charge in [-0.1, -0.05) is 30.7 Å². The first-order valence-electron chi connectivity index (χ1n) is 6.57. The fourth-order valence-corrected chi connectivity index (χ4v) is 2.74. The summed E-state index contributed by atoms with van der Waals surface area (Å²) in [5.41, 5.74) is 2.91. The Hall–Kier alpha value is -1.35. The van der Waals surface area contributed by atoms with E-state index in [1.807, 2.05) is 0 Å². The van der Waals surface area contributed by atoms with Crippen LogP contribution in [0.25, 0.3) is 0 Å². The molecule has 1 aliphatic carbocycles. The average Bonchev–Trinajstić information content (AvgIpc) is 2.75. The van der Waals surface area contributed by atoms with Crippen molar-refractivity contribution in [2.24, 2.45) is 0 Å². The minimum absolute atomic E-state index is 0.166. The van der Waals surface area contributed by atoms with E-state index in [0.717, 1.165) is 31.4 Å². The molecule has 1 atom stereocenters. The highest BCUT2D eigenvalue weighted by Gasteiger charge is 2.45. The van der Waals surface area contributed by atoms with Gasteiger partial charge in [0.15, 0.2) is 0 Å². The van der Waals surface area contributed by atoms with Crippen LogP contribution >= 0.6 is 0 Å². The fourth-order valence-electron chi connectivity index (χ4n) is 2.74. The van der Waals surface area contributed by atoms with E-state index in [4.69, 9.17) is 4.74 Å². The Kier molecular flexibility index (Phi) is 3.71. The number of esters is 1. The number of carbonyl (C=O) groups excluding carboxylic acids is 1. The van der Waals surface area contributed by atoms with E-state index in [2.05, 4.69) is 37.4 Å². The Labute approximate surface area is 109 Å². The molecule has 1 unspecified atom stereocenters. The summed E-state index contributed by atoms with van der Waals surface area (Å²) in [5, 5.41) is 3.40. The maximum Gasteiger partial charge on any atom is 0.330 e. The summed E-state index contributed by atoms with van der Waals surface area (Å²) in [7, 11) is 1.46. The van der Waals surface area contributed by atoms with Gasteiger partial charge in [-0.25, -0.2) is 4.79 Å². The van der Waals surface area contributed by atoms with Crippen LogP contribution in [0.5, 0.6) is 0 Å². The number of nitrogens with one attached hydrogen (secondary N) is 1. The van der Waals surface area contributed by atoms with Gasteiger partial charge in [-0.3, -0.25) is 5.32 Å². The number of fused-ring (bicyclic) bond motifs is 1. The standard InChI is InChI=1S/C15H21NO2/c1-4-9-16-15(14(17)18-3)8-7-12-6-5-11(2)10-13(12)15/h5-6,10,16H,4,7-9H2,1-3H3. The molecule has 0 spiro atoms. The number of methoxy groups -OCH3 is 1. The molecule has 0 heterocycles. The van der Waals surface area contributed by atoms with Crippen LogP contribution in [-0.4, -0.2) is 19.6 Å². The Morgan fingerprint density at radius 2 is 2.28 bits per heavy atom. The SMILES string of the molecule is CCCNC1(C(=O)OC)CCc2ccc(C)cc21. The van der Waals surface area contributed by atoms with Crippen molar-refractivity contribution >= 4 is 5.97 Å². The molecule has 0 saturated heterocycles. The quantitative estimate of drug-likeness (QED) is 0.830. The largest absolute Gasteiger partial charge is 0.467 e. The van der Waals surface area contributed by atoms with Gasteiger partial charge < -0.3 is 4.74 Å². The van der Waals surface area contributed by atoms with Crippen molar-refractivity contribution in [2.45, 2.75) is 38.6 Å². The molecule has 0 saturated carbocycles. The minimum Gasteiger partial charge on any atom is -0.467 e. The second kappa shape index (κ2) is 5.11. The Bertz CT molecular complexity index is 456. The third-order valence-corrected chi connectivity index (χ3v) is 3.71. The number of ether oxygens (including phenoxy) is 1. The van der Waals surface area contributed by atoms with Crippen molar-refractivity contribution in [1.29, 1.82) is 0 Å².